The van der Waals surface area contributed by atoms with Crippen LogP contribution in [0.4, 0.5) is 0 Å². The van der Waals surface area contributed by atoms with Crippen molar-refractivity contribution in [2.45, 2.75) is 51.4 Å². The number of carbonyl (C=O) groups excluding carboxylic acids is 2. The maximum Gasteiger partial charge on any atom is 0.338 e. The first-order valence-corrected chi connectivity index (χ1v) is 9.55. The monoisotopic (exact) mass is 366 g/mol. The van der Waals surface area contributed by atoms with E-state index in [1.807, 2.05) is 30.5 Å². The van der Waals surface area contributed by atoms with Crippen LogP contribution in [0.5, 0.6) is 0 Å². The number of fused-ring (bicyclic) bond motifs is 1. The maximum absolute atomic E-state index is 12.3. The number of benzene rings is 1. The number of nitrogens with zero attached hydrogens (tertiary/aromatic N) is 2. The van der Waals surface area contributed by atoms with E-state index >= 15 is 0 Å². The molecule has 7 heteroatoms. The molecule has 1 aromatic heterocycles. The van der Waals surface area contributed by atoms with Crippen LogP contribution in [0.2, 0.25) is 0 Å². The molecule has 1 radical (unpaired) electrons. The second kappa shape index (κ2) is 9.39. The zero-order chi connectivity index (χ0) is 19.1. The fourth-order valence-corrected chi connectivity index (χ4v) is 3.26. The lowest BCUT2D eigenvalue weighted by Gasteiger charge is -2.26. The molecular formula is C20H25BN3O3. The van der Waals surface area contributed by atoms with E-state index in [0.29, 0.717) is 37.9 Å². The molecule has 2 aromatic rings. The number of amides is 1. The van der Waals surface area contributed by atoms with Crippen LogP contribution in [0.1, 0.15) is 47.7 Å². The first-order valence-electron chi connectivity index (χ1n) is 9.55. The molecule has 0 spiro atoms. The van der Waals surface area contributed by atoms with Crippen LogP contribution in [-0.4, -0.2) is 41.5 Å². The summed E-state index contributed by atoms with van der Waals surface area (Å²) < 4.78 is 7.11. The first kappa shape index (κ1) is 19.2. The van der Waals surface area contributed by atoms with Gasteiger partial charge in [0.2, 0.25) is 5.91 Å². The Balaban J connectivity index is 1.55. The second-order valence-corrected chi connectivity index (χ2v) is 6.77. The minimum absolute atomic E-state index is 0.00494. The topological polar surface area (TPSA) is 73.2 Å². The predicted molar refractivity (Wildman–Crippen MR) is 104 cm³/mol. The van der Waals surface area contributed by atoms with Gasteiger partial charge in [-0.3, -0.25) is 9.48 Å². The van der Waals surface area contributed by atoms with Crippen molar-refractivity contribution in [2.24, 2.45) is 0 Å². The van der Waals surface area contributed by atoms with E-state index in [1.54, 1.807) is 10.9 Å². The van der Waals surface area contributed by atoms with Gasteiger partial charge in [0.15, 0.2) is 0 Å². The van der Waals surface area contributed by atoms with Gasteiger partial charge in [-0.1, -0.05) is 31.8 Å². The van der Waals surface area contributed by atoms with Gasteiger partial charge in [-0.25, -0.2) is 4.79 Å². The highest BCUT2D eigenvalue weighted by atomic mass is 16.5. The lowest BCUT2D eigenvalue weighted by atomic mass is 9.57. The molecule has 6 nitrogen and oxygen atoms in total. The number of esters is 1. The molecule has 1 atom stereocenters. The molecule has 0 fully saturated rings. The summed E-state index contributed by atoms with van der Waals surface area (Å²) in [4.78, 5) is 24.5. The number of rotatable bonds is 8. The van der Waals surface area contributed by atoms with E-state index in [4.69, 9.17) is 4.74 Å². The Bertz CT molecular complexity index is 777. The average molecular weight is 366 g/mol. The van der Waals surface area contributed by atoms with Gasteiger partial charge < -0.3 is 10.1 Å². The highest BCUT2D eigenvalue weighted by molar-refractivity contribution is 6.38. The predicted octanol–water partition coefficient (Wildman–Crippen LogP) is 2.13. The molecule has 1 aliphatic rings. The van der Waals surface area contributed by atoms with Crippen molar-refractivity contribution in [3.8, 4) is 0 Å². The van der Waals surface area contributed by atoms with Gasteiger partial charge in [-0.05, 0) is 36.1 Å². The molecule has 1 aromatic carbocycles. The van der Waals surface area contributed by atoms with Crippen LogP contribution >= 0.6 is 0 Å². The normalized spacial score (nSPS) is 15.5. The summed E-state index contributed by atoms with van der Waals surface area (Å²) in [6.07, 6.45) is 7.15. The maximum atomic E-state index is 12.3. The Morgan fingerprint density at radius 2 is 2.26 bits per heavy atom. The SMILES string of the molecule is CCCCOC(=O)c1cccc2c1C[B]C(NC(=O)CCn1cccn1)C2. The van der Waals surface area contributed by atoms with Crippen LogP contribution in [-0.2, 0) is 28.8 Å². The van der Waals surface area contributed by atoms with Crippen LogP contribution in [0, 0.1) is 0 Å². The summed E-state index contributed by atoms with van der Waals surface area (Å²) in [5.41, 5.74) is 2.75. The summed E-state index contributed by atoms with van der Waals surface area (Å²) in [7, 11) is 2.07. The average Bonchev–Trinajstić information content (AvgIpc) is 3.19. The lowest BCUT2D eigenvalue weighted by Crippen LogP contribution is -2.44. The van der Waals surface area contributed by atoms with Gasteiger partial charge in [-0.2, -0.15) is 5.10 Å². The largest absolute Gasteiger partial charge is 0.462 e. The smallest absolute Gasteiger partial charge is 0.338 e. The van der Waals surface area contributed by atoms with Crippen molar-refractivity contribution in [1.29, 1.82) is 0 Å². The molecule has 0 saturated carbocycles. The Labute approximate surface area is 160 Å². The van der Waals surface area contributed by atoms with Gasteiger partial charge in [-0.15, -0.1) is 0 Å². The number of aryl methyl sites for hydroxylation is 1. The Morgan fingerprint density at radius 1 is 1.37 bits per heavy atom. The molecular weight excluding hydrogens is 341 g/mol. The Morgan fingerprint density at radius 3 is 3.04 bits per heavy atom. The quantitative estimate of drug-likeness (QED) is 0.441. The van der Waals surface area contributed by atoms with Crippen LogP contribution in [0.3, 0.4) is 0 Å². The van der Waals surface area contributed by atoms with Gasteiger partial charge in [0.25, 0.3) is 0 Å². The van der Waals surface area contributed by atoms with Crippen molar-refractivity contribution in [3.05, 3.63) is 53.3 Å². The standard InChI is InChI=1S/C20H25BN3O3/c1-2-3-12-27-20(26)16-7-4-6-15-13-18(21-14-17(15)16)23-19(25)8-11-24-10-5-9-22-24/h4-7,9-10,18H,2-3,8,11-14H2,1H3,(H,23,25). The van der Waals surface area contributed by atoms with Crippen LogP contribution in [0.25, 0.3) is 0 Å². The third-order valence-electron chi connectivity index (χ3n) is 4.74. The molecule has 3 rings (SSSR count). The summed E-state index contributed by atoms with van der Waals surface area (Å²) in [5, 5.41) is 7.16. The fourth-order valence-electron chi connectivity index (χ4n) is 3.26. The van der Waals surface area contributed by atoms with E-state index < -0.39 is 0 Å². The van der Waals surface area contributed by atoms with Crippen molar-refractivity contribution in [1.82, 2.24) is 15.1 Å². The molecule has 27 heavy (non-hydrogen) atoms. The number of carbonyl (C=O) groups is 2. The third kappa shape index (κ3) is 5.22. The van der Waals surface area contributed by atoms with Crippen molar-refractivity contribution in [2.75, 3.05) is 6.61 Å². The Kier molecular flexibility index (Phi) is 6.68. The van der Waals surface area contributed by atoms with Crippen molar-refractivity contribution in [3.63, 3.8) is 0 Å². The molecule has 141 valence electrons. The summed E-state index contributed by atoms with van der Waals surface area (Å²) in [6.45, 7) is 3.09. The van der Waals surface area contributed by atoms with E-state index in [1.165, 1.54) is 0 Å². The fraction of sp³-hybridized carbons (Fsp3) is 0.450. The molecule has 0 saturated heterocycles. The summed E-state index contributed by atoms with van der Waals surface area (Å²) >= 11 is 0. The van der Waals surface area contributed by atoms with E-state index in [0.717, 1.165) is 24.0 Å². The minimum Gasteiger partial charge on any atom is -0.462 e. The van der Waals surface area contributed by atoms with Crippen molar-refractivity contribution >= 4 is 19.2 Å². The molecule has 2 heterocycles. The Hall–Kier alpha value is -2.57. The van der Waals surface area contributed by atoms with Crippen LogP contribution < -0.4 is 5.32 Å². The second-order valence-electron chi connectivity index (χ2n) is 6.77. The number of aromatic nitrogens is 2. The van der Waals surface area contributed by atoms with Crippen LogP contribution in [0.15, 0.2) is 36.7 Å². The van der Waals surface area contributed by atoms with Gasteiger partial charge >= 0.3 is 5.97 Å². The molecule has 1 amide bonds. The molecule has 0 bridgehead atoms. The zero-order valence-corrected chi connectivity index (χ0v) is 15.7. The highest BCUT2D eigenvalue weighted by Crippen LogP contribution is 2.22. The van der Waals surface area contributed by atoms with Gasteiger partial charge in [0.1, 0.15) is 7.28 Å². The summed E-state index contributed by atoms with van der Waals surface area (Å²) in [6, 6.07) is 7.57. The van der Waals surface area contributed by atoms with Gasteiger partial charge in [0.05, 0.1) is 12.2 Å². The number of nitrogens with one attached hydrogen (secondary N) is 1. The third-order valence-corrected chi connectivity index (χ3v) is 4.74. The zero-order valence-electron chi connectivity index (χ0n) is 15.7. The minimum atomic E-state index is -0.254. The number of hydrogen-bond donors (Lipinski definition) is 1. The van der Waals surface area contributed by atoms with Gasteiger partial charge in [0, 0.05) is 31.3 Å². The molecule has 0 aliphatic carbocycles. The molecule has 1 unspecified atom stereocenters. The van der Waals surface area contributed by atoms with Crippen molar-refractivity contribution < 1.29 is 14.3 Å². The molecule has 1 aliphatic heterocycles. The first-order chi connectivity index (χ1) is 13.2. The lowest BCUT2D eigenvalue weighted by molar-refractivity contribution is -0.121. The van der Waals surface area contributed by atoms with E-state index in [2.05, 4.69) is 24.6 Å². The van der Waals surface area contributed by atoms with E-state index in [9.17, 15) is 9.59 Å². The summed E-state index contributed by atoms with van der Waals surface area (Å²) in [5.74, 6) is -0.269. The highest BCUT2D eigenvalue weighted by Gasteiger charge is 2.25. The number of hydrogen-bond acceptors (Lipinski definition) is 4. The number of ether oxygens (including phenoxy) is 1. The van der Waals surface area contributed by atoms with E-state index in [-0.39, 0.29) is 17.8 Å². The molecule has 1 N–H and O–H groups in total. The number of unbranched alkanes of at least 4 members (excludes halogenated alkanes) is 1.